The van der Waals surface area contributed by atoms with Crippen LogP contribution in [-0.4, -0.2) is 26.4 Å². The van der Waals surface area contributed by atoms with Crippen LogP contribution in [0.2, 0.25) is 0 Å². The van der Waals surface area contributed by atoms with Gasteiger partial charge < -0.3 is 9.88 Å². The van der Waals surface area contributed by atoms with E-state index in [9.17, 15) is 13.6 Å². The lowest BCUT2D eigenvalue weighted by atomic mass is 10.2. The average Bonchev–Trinajstić information content (AvgIpc) is 2.98. The second-order valence-electron chi connectivity index (χ2n) is 5.20. The lowest BCUT2D eigenvalue weighted by Crippen LogP contribution is -2.14. The molecule has 5 nitrogen and oxygen atoms in total. The molecule has 0 radical (unpaired) electrons. The van der Waals surface area contributed by atoms with Gasteiger partial charge >= 0.3 is 0 Å². The van der Waals surface area contributed by atoms with Gasteiger partial charge in [0.2, 0.25) is 5.91 Å². The van der Waals surface area contributed by atoms with Gasteiger partial charge in [-0.25, -0.2) is 8.78 Å². The highest BCUT2D eigenvalue weighted by molar-refractivity contribution is 7.99. The molecule has 0 aliphatic carbocycles. The van der Waals surface area contributed by atoms with E-state index in [1.807, 2.05) is 37.4 Å². The molecular formula is C17H14F2N4OS. The van der Waals surface area contributed by atoms with Crippen molar-refractivity contribution in [3.8, 4) is 11.4 Å². The SMILES string of the molecule is Cn1c(SCC(=O)Nc2ccc(F)c(F)c2)nnc1-c1ccccc1. The predicted molar refractivity (Wildman–Crippen MR) is 92.2 cm³/mol. The summed E-state index contributed by atoms with van der Waals surface area (Å²) in [6, 6.07) is 12.8. The summed E-state index contributed by atoms with van der Waals surface area (Å²) in [4.78, 5) is 12.0. The van der Waals surface area contributed by atoms with E-state index in [1.165, 1.54) is 17.8 Å². The molecule has 8 heteroatoms. The van der Waals surface area contributed by atoms with Crippen LogP contribution in [0.5, 0.6) is 0 Å². The molecule has 0 saturated carbocycles. The fourth-order valence-corrected chi connectivity index (χ4v) is 2.89. The molecule has 0 spiro atoms. The number of rotatable bonds is 5. The molecule has 0 saturated heterocycles. The molecule has 128 valence electrons. The smallest absolute Gasteiger partial charge is 0.234 e. The van der Waals surface area contributed by atoms with E-state index >= 15 is 0 Å². The molecule has 1 aromatic heterocycles. The maximum atomic E-state index is 13.1. The summed E-state index contributed by atoms with van der Waals surface area (Å²) < 4.78 is 27.8. The van der Waals surface area contributed by atoms with Gasteiger partial charge in [-0.05, 0) is 12.1 Å². The van der Waals surface area contributed by atoms with Gasteiger partial charge in [0.25, 0.3) is 0 Å². The molecule has 1 amide bonds. The topological polar surface area (TPSA) is 59.8 Å². The molecule has 0 fully saturated rings. The number of carbonyl (C=O) groups excluding carboxylic acids is 1. The minimum Gasteiger partial charge on any atom is -0.325 e. The number of thioether (sulfide) groups is 1. The minimum atomic E-state index is -1.01. The van der Waals surface area contributed by atoms with E-state index in [2.05, 4.69) is 15.5 Å². The van der Waals surface area contributed by atoms with Crippen molar-refractivity contribution in [2.75, 3.05) is 11.1 Å². The van der Waals surface area contributed by atoms with Crippen molar-refractivity contribution >= 4 is 23.4 Å². The van der Waals surface area contributed by atoms with Crippen LogP contribution in [0.1, 0.15) is 0 Å². The number of nitrogens with one attached hydrogen (secondary N) is 1. The van der Waals surface area contributed by atoms with Crippen LogP contribution in [0.4, 0.5) is 14.5 Å². The Balaban J connectivity index is 1.63. The van der Waals surface area contributed by atoms with Crippen LogP contribution >= 0.6 is 11.8 Å². The Labute approximate surface area is 147 Å². The monoisotopic (exact) mass is 360 g/mol. The van der Waals surface area contributed by atoms with Gasteiger partial charge in [0, 0.05) is 24.4 Å². The summed E-state index contributed by atoms with van der Waals surface area (Å²) in [5, 5.41) is 11.3. The van der Waals surface area contributed by atoms with E-state index in [1.54, 1.807) is 4.57 Å². The van der Waals surface area contributed by atoms with Crippen molar-refractivity contribution in [2.24, 2.45) is 7.05 Å². The Bertz CT molecular complexity index is 899. The van der Waals surface area contributed by atoms with Crippen LogP contribution in [0.15, 0.2) is 53.7 Å². The van der Waals surface area contributed by atoms with Crippen molar-refractivity contribution in [1.82, 2.24) is 14.8 Å². The quantitative estimate of drug-likeness (QED) is 0.708. The van der Waals surface area contributed by atoms with E-state index in [0.29, 0.717) is 11.0 Å². The number of aromatic nitrogens is 3. The molecule has 3 rings (SSSR count). The van der Waals surface area contributed by atoms with Gasteiger partial charge in [0.05, 0.1) is 5.75 Å². The second kappa shape index (κ2) is 7.43. The van der Waals surface area contributed by atoms with Crippen LogP contribution in [0.25, 0.3) is 11.4 Å². The third kappa shape index (κ3) is 4.03. The van der Waals surface area contributed by atoms with Crippen LogP contribution in [0.3, 0.4) is 0 Å². The summed E-state index contributed by atoms with van der Waals surface area (Å²) in [7, 11) is 1.82. The summed E-state index contributed by atoms with van der Waals surface area (Å²) in [5.41, 5.74) is 1.13. The van der Waals surface area contributed by atoms with Crippen molar-refractivity contribution in [2.45, 2.75) is 5.16 Å². The number of amides is 1. The predicted octanol–water partition coefficient (Wildman–Crippen LogP) is 3.49. The van der Waals surface area contributed by atoms with Gasteiger partial charge in [-0.3, -0.25) is 4.79 Å². The molecule has 3 aromatic rings. The number of nitrogens with zero attached hydrogens (tertiary/aromatic N) is 3. The summed E-state index contributed by atoms with van der Waals surface area (Å²) in [6.07, 6.45) is 0. The largest absolute Gasteiger partial charge is 0.325 e. The van der Waals surface area contributed by atoms with Crippen molar-refractivity contribution < 1.29 is 13.6 Å². The number of anilines is 1. The molecule has 25 heavy (non-hydrogen) atoms. The average molecular weight is 360 g/mol. The van der Waals surface area contributed by atoms with Gasteiger partial charge in [0.1, 0.15) is 0 Å². The zero-order valence-corrected chi connectivity index (χ0v) is 14.1. The Morgan fingerprint density at radius 1 is 1.12 bits per heavy atom. The zero-order chi connectivity index (χ0) is 17.8. The molecular weight excluding hydrogens is 346 g/mol. The third-order valence-corrected chi connectivity index (χ3v) is 4.42. The highest BCUT2D eigenvalue weighted by Gasteiger charge is 2.13. The highest BCUT2D eigenvalue weighted by Crippen LogP contribution is 2.22. The summed E-state index contributed by atoms with van der Waals surface area (Å²) in [5.74, 6) is -1.55. The number of hydrogen-bond donors (Lipinski definition) is 1. The molecule has 2 aromatic carbocycles. The van der Waals surface area contributed by atoms with E-state index < -0.39 is 11.6 Å². The maximum absolute atomic E-state index is 13.1. The number of halogens is 2. The first kappa shape index (κ1) is 17.1. The van der Waals surface area contributed by atoms with Gasteiger partial charge in [-0.15, -0.1) is 10.2 Å². The first-order valence-electron chi connectivity index (χ1n) is 7.37. The molecule has 0 aliphatic rings. The fourth-order valence-electron chi connectivity index (χ4n) is 2.18. The lowest BCUT2D eigenvalue weighted by Gasteiger charge is -2.06. The van der Waals surface area contributed by atoms with Gasteiger partial charge in [0.15, 0.2) is 22.6 Å². The number of benzene rings is 2. The summed E-state index contributed by atoms with van der Waals surface area (Å²) in [6.45, 7) is 0. The molecule has 1 heterocycles. The minimum absolute atomic E-state index is 0.0692. The van der Waals surface area contributed by atoms with E-state index in [-0.39, 0.29) is 17.3 Å². The van der Waals surface area contributed by atoms with Gasteiger partial charge in [-0.1, -0.05) is 42.1 Å². The zero-order valence-electron chi connectivity index (χ0n) is 13.2. The van der Waals surface area contributed by atoms with Crippen LogP contribution in [0, 0.1) is 11.6 Å². The first-order valence-corrected chi connectivity index (χ1v) is 8.35. The summed E-state index contributed by atoms with van der Waals surface area (Å²) >= 11 is 1.21. The Morgan fingerprint density at radius 2 is 1.88 bits per heavy atom. The highest BCUT2D eigenvalue weighted by atomic mass is 32.2. The normalized spacial score (nSPS) is 10.7. The molecule has 0 unspecified atom stereocenters. The molecule has 0 aliphatic heterocycles. The van der Waals surface area contributed by atoms with Crippen molar-refractivity contribution in [3.05, 3.63) is 60.2 Å². The van der Waals surface area contributed by atoms with E-state index in [4.69, 9.17) is 0 Å². The lowest BCUT2D eigenvalue weighted by molar-refractivity contribution is -0.113. The number of carbonyl (C=O) groups is 1. The fraction of sp³-hybridized carbons (Fsp3) is 0.118. The number of hydrogen-bond acceptors (Lipinski definition) is 4. The van der Waals surface area contributed by atoms with E-state index in [0.717, 1.165) is 17.7 Å². The van der Waals surface area contributed by atoms with Crippen LogP contribution in [-0.2, 0) is 11.8 Å². The Kier molecular flexibility index (Phi) is 5.08. The molecule has 0 bridgehead atoms. The molecule has 0 atom stereocenters. The second-order valence-corrected chi connectivity index (χ2v) is 6.14. The van der Waals surface area contributed by atoms with Crippen molar-refractivity contribution in [3.63, 3.8) is 0 Å². The maximum Gasteiger partial charge on any atom is 0.234 e. The van der Waals surface area contributed by atoms with Gasteiger partial charge in [-0.2, -0.15) is 0 Å². The standard InChI is InChI=1S/C17H14F2N4OS/c1-23-16(11-5-3-2-4-6-11)21-22-17(23)25-10-15(24)20-12-7-8-13(18)14(19)9-12/h2-9H,10H2,1H3,(H,20,24). The Morgan fingerprint density at radius 3 is 2.60 bits per heavy atom. The molecule has 1 N–H and O–H groups in total. The third-order valence-electron chi connectivity index (χ3n) is 3.40. The Hall–Kier alpha value is -2.74. The van der Waals surface area contributed by atoms with Crippen molar-refractivity contribution in [1.29, 1.82) is 0 Å². The van der Waals surface area contributed by atoms with Crippen LogP contribution < -0.4 is 5.32 Å². The first-order chi connectivity index (χ1) is 12.0.